The van der Waals surface area contributed by atoms with Crippen LogP contribution in [0.2, 0.25) is 5.02 Å². The standard InChI is InChI=1S/C34H42ClFN6O2/c1-9-10-15-41(24(5)19-38-20-43)33(37-6)28-18-29(35)31(26-13-11-12-14-30(26)36)39-34(28)42(21-44)32-23(4)16-25(40(7)8)17-27(32)22(2)3/h9,11-14,16-18,20-22,24H,1,10,15,19H2,2-8H3,(H,38,43). The molecule has 8 nitrogen and oxygen atoms in total. The highest BCUT2D eigenvalue weighted by Gasteiger charge is 2.29. The zero-order valence-corrected chi connectivity index (χ0v) is 27.3. The molecule has 0 aliphatic heterocycles. The average Bonchev–Trinajstić information content (AvgIpc) is 2.99. The van der Waals surface area contributed by atoms with Crippen molar-refractivity contribution in [3.63, 3.8) is 0 Å². The van der Waals surface area contributed by atoms with Gasteiger partial charge < -0.3 is 15.1 Å². The molecule has 1 aromatic heterocycles. The lowest BCUT2D eigenvalue weighted by molar-refractivity contribution is -0.109. The second-order valence-corrected chi connectivity index (χ2v) is 11.5. The fourth-order valence-corrected chi connectivity index (χ4v) is 5.44. The number of rotatable bonds is 14. The number of carbonyl (C=O) groups is 2. The number of carbonyl (C=O) groups excluding carboxylic acids is 2. The molecule has 0 fully saturated rings. The fourth-order valence-electron chi connectivity index (χ4n) is 5.19. The first kappa shape index (κ1) is 34.3. The summed E-state index contributed by atoms with van der Waals surface area (Å²) >= 11 is 6.85. The summed E-state index contributed by atoms with van der Waals surface area (Å²) in [6, 6.07) is 11.8. The Balaban J connectivity index is 2.43. The Morgan fingerprint density at radius 2 is 1.86 bits per heavy atom. The van der Waals surface area contributed by atoms with Crippen LogP contribution < -0.4 is 15.1 Å². The SMILES string of the molecule is C=CCCN(C(=NC)c1cc(Cl)c(-c2ccccc2F)nc1N(C=O)c1c(C)cc(N(C)C)cc1C(C)C)C(C)CNC=O. The van der Waals surface area contributed by atoms with Gasteiger partial charge >= 0.3 is 0 Å². The van der Waals surface area contributed by atoms with Crippen LogP contribution in [0.25, 0.3) is 11.3 Å². The smallest absolute Gasteiger partial charge is 0.219 e. The second kappa shape index (κ2) is 15.5. The topological polar surface area (TPSA) is 81.1 Å². The highest BCUT2D eigenvalue weighted by atomic mass is 35.5. The summed E-state index contributed by atoms with van der Waals surface area (Å²) in [4.78, 5) is 39.4. The Bertz CT molecular complexity index is 1520. The average molecular weight is 621 g/mol. The molecule has 0 spiro atoms. The van der Waals surface area contributed by atoms with Gasteiger partial charge in [-0.25, -0.2) is 9.37 Å². The molecule has 1 unspecified atom stereocenters. The van der Waals surface area contributed by atoms with E-state index in [9.17, 15) is 9.59 Å². The third-order valence-electron chi connectivity index (χ3n) is 7.44. The van der Waals surface area contributed by atoms with E-state index >= 15 is 4.39 Å². The molecule has 3 rings (SSSR count). The summed E-state index contributed by atoms with van der Waals surface area (Å²) in [5.41, 5.74) is 4.38. The zero-order chi connectivity index (χ0) is 32.6. The Morgan fingerprint density at radius 3 is 2.43 bits per heavy atom. The number of halogens is 2. The van der Waals surface area contributed by atoms with Crippen LogP contribution in [0.15, 0.2) is 60.1 Å². The predicted octanol–water partition coefficient (Wildman–Crippen LogP) is 6.72. The van der Waals surface area contributed by atoms with Gasteiger partial charge in [-0.1, -0.05) is 43.7 Å². The largest absolute Gasteiger partial charge is 0.378 e. The van der Waals surface area contributed by atoms with Gasteiger partial charge in [-0.15, -0.1) is 6.58 Å². The molecule has 3 aromatic rings. The number of anilines is 3. The lowest BCUT2D eigenvalue weighted by atomic mass is 9.95. The summed E-state index contributed by atoms with van der Waals surface area (Å²) in [6.07, 6.45) is 3.82. The van der Waals surface area contributed by atoms with E-state index < -0.39 is 5.82 Å². The Kier molecular flexibility index (Phi) is 12.0. The second-order valence-electron chi connectivity index (χ2n) is 11.1. The summed E-state index contributed by atoms with van der Waals surface area (Å²) < 4.78 is 15.1. The molecule has 0 aliphatic rings. The maximum atomic E-state index is 15.1. The molecule has 2 amide bonds. The van der Waals surface area contributed by atoms with Gasteiger partial charge in [-0.3, -0.25) is 19.5 Å². The van der Waals surface area contributed by atoms with Crippen molar-refractivity contribution < 1.29 is 14.0 Å². The highest BCUT2D eigenvalue weighted by molar-refractivity contribution is 6.33. The molecule has 0 aliphatic carbocycles. The number of aromatic nitrogens is 1. The van der Waals surface area contributed by atoms with E-state index in [0.717, 1.165) is 23.2 Å². The molecule has 0 saturated carbocycles. The molecule has 2 aromatic carbocycles. The molecule has 0 radical (unpaired) electrons. The fraction of sp³-hybridized carbons (Fsp3) is 0.353. The van der Waals surface area contributed by atoms with Crippen molar-refractivity contribution in [1.29, 1.82) is 0 Å². The van der Waals surface area contributed by atoms with E-state index in [1.54, 1.807) is 37.4 Å². The number of amidine groups is 1. The highest BCUT2D eigenvalue weighted by Crippen LogP contribution is 2.41. The van der Waals surface area contributed by atoms with Crippen LogP contribution in [0.1, 0.15) is 49.8 Å². The predicted molar refractivity (Wildman–Crippen MR) is 180 cm³/mol. The Hall–Kier alpha value is -4.24. The number of hydrogen-bond acceptors (Lipinski definition) is 5. The molecular formula is C34H42ClFN6O2. The van der Waals surface area contributed by atoms with E-state index in [1.165, 1.54) is 11.0 Å². The van der Waals surface area contributed by atoms with Gasteiger partial charge in [-0.2, -0.15) is 0 Å². The molecule has 1 N–H and O–H groups in total. The maximum absolute atomic E-state index is 15.1. The van der Waals surface area contributed by atoms with Gasteiger partial charge in [0.25, 0.3) is 0 Å². The van der Waals surface area contributed by atoms with Crippen molar-refractivity contribution in [2.24, 2.45) is 4.99 Å². The van der Waals surface area contributed by atoms with Gasteiger partial charge in [0.1, 0.15) is 11.7 Å². The van der Waals surface area contributed by atoms with Crippen LogP contribution in [0.5, 0.6) is 0 Å². The molecule has 1 heterocycles. The number of amides is 2. The van der Waals surface area contributed by atoms with Gasteiger partial charge in [-0.05, 0) is 67.6 Å². The van der Waals surface area contributed by atoms with Crippen molar-refractivity contribution >= 4 is 47.4 Å². The number of pyridine rings is 1. The molecule has 1 atom stereocenters. The zero-order valence-electron chi connectivity index (χ0n) is 26.6. The van der Waals surface area contributed by atoms with Crippen LogP contribution in [0.4, 0.5) is 21.6 Å². The minimum absolute atomic E-state index is 0.0608. The number of aryl methyl sites for hydroxylation is 1. The van der Waals surface area contributed by atoms with Gasteiger partial charge in [0, 0.05) is 51.5 Å². The van der Waals surface area contributed by atoms with Crippen molar-refractivity contribution in [3.8, 4) is 11.3 Å². The van der Waals surface area contributed by atoms with E-state index in [4.69, 9.17) is 16.6 Å². The van der Waals surface area contributed by atoms with E-state index in [-0.39, 0.29) is 34.1 Å². The summed E-state index contributed by atoms with van der Waals surface area (Å²) in [5, 5.41) is 2.94. The summed E-state index contributed by atoms with van der Waals surface area (Å²) in [6.45, 7) is 12.8. The van der Waals surface area contributed by atoms with Gasteiger partial charge in [0.05, 0.1) is 22.0 Å². The number of nitrogens with one attached hydrogen (secondary N) is 1. The Labute approximate surface area is 265 Å². The number of aliphatic imine (C=N–C) groups is 1. The minimum Gasteiger partial charge on any atom is -0.378 e. The van der Waals surface area contributed by atoms with E-state index in [0.29, 0.717) is 43.0 Å². The third-order valence-corrected chi connectivity index (χ3v) is 7.73. The third kappa shape index (κ3) is 7.45. The minimum atomic E-state index is -0.488. The van der Waals surface area contributed by atoms with E-state index in [1.807, 2.05) is 43.8 Å². The molecule has 10 heteroatoms. The van der Waals surface area contributed by atoms with Gasteiger partial charge in [0.15, 0.2) is 5.82 Å². The van der Waals surface area contributed by atoms with Crippen molar-refractivity contribution in [2.45, 2.75) is 46.1 Å². The normalized spacial score (nSPS) is 12.1. The van der Waals surface area contributed by atoms with Gasteiger partial charge in [0.2, 0.25) is 12.8 Å². The molecule has 234 valence electrons. The number of nitrogens with zero attached hydrogens (tertiary/aromatic N) is 5. The maximum Gasteiger partial charge on any atom is 0.219 e. The number of hydrogen-bond donors (Lipinski definition) is 1. The van der Waals surface area contributed by atoms with Crippen molar-refractivity contribution in [3.05, 3.63) is 82.6 Å². The van der Waals surface area contributed by atoms with Crippen LogP contribution in [0, 0.1) is 12.7 Å². The van der Waals surface area contributed by atoms with Crippen LogP contribution in [-0.4, -0.2) is 68.8 Å². The lowest BCUT2D eigenvalue weighted by Crippen LogP contribution is -2.45. The summed E-state index contributed by atoms with van der Waals surface area (Å²) in [5.74, 6) is 0.339. The van der Waals surface area contributed by atoms with Crippen molar-refractivity contribution in [1.82, 2.24) is 15.2 Å². The quantitative estimate of drug-likeness (QED) is 0.0936. The lowest BCUT2D eigenvalue weighted by Gasteiger charge is -2.34. The molecule has 0 saturated heterocycles. The van der Waals surface area contributed by atoms with Crippen molar-refractivity contribution in [2.75, 3.05) is 44.0 Å². The first-order valence-corrected chi connectivity index (χ1v) is 14.9. The Morgan fingerprint density at radius 1 is 1.16 bits per heavy atom. The summed E-state index contributed by atoms with van der Waals surface area (Å²) in [7, 11) is 5.59. The van der Waals surface area contributed by atoms with Crippen LogP contribution in [-0.2, 0) is 9.59 Å². The molecule has 44 heavy (non-hydrogen) atoms. The number of benzene rings is 2. The monoisotopic (exact) mass is 620 g/mol. The first-order valence-electron chi connectivity index (χ1n) is 14.5. The van der Waals surface area contributed by atoms with Crippen LogP contribution >= 0.6 is 11.6 Å². The van der Waals surface area contributed by atoms with E-state index in [2.05, 4.69) is 36.8 Å². The first-order chi connectivity index (χ1) is 21.0. The molecular weight excluding hydrogens is 579 g/mol. The van der Waals surface area contributed by atoms with Crippen LogP contribution in [0.3, 0.4) is 0 Å². The molecule has 0 bridgehead atoms.